The number of nitrogens with zero attached hydrogens (tertiary/aromatic N) is 1. The summed E-state index contributed by atoms with van der Waals surface area (Å²) in [5.41, 5.74) is 1.60. The largest absolute Gasteiger partial charge is 0.309 e. The van der Waals surface area contributed by atoms with Gasteiger partial charge in [-0.05, 0) is 47.1 Å². The van der Waals surface area contributed by atoms with Crippen LogP contribution in [0.1, 0.15) is 17.3 Å². The average Bonchev–Trinajstić information content (AvgIpc) is 2.41. The van der Waals surface area contributed by atoms with Crippen molar-refractivity contribution in [3.63, 3.8) is 0 Å². The summed E-state index contributed by atoms with van der Waals surface area (Å²) in [6, 6.07) is 17.2. The van der Waals surface area contributed by atoms with Crippen molar-refractivity contribution in [3.8, 4) is 0 Å². The van der Waals surface area contributed by atoms with Crippen molar-refractivity contribution >= 4 is 27.5 Å². The molecular formula is C15H14BrNO. The molecule has 2 nitrogen and oxygen atoms in total. The summed E-state index contributed by atoms with van der Waals surface area (Å²) in [5.74, 6) is 0.0103. The molecule has 0 fully saturated rings. The van der Waals surface area contributed by atoms with Crippen LogP contribution in [-0.2, 0) is 0 Å². The molecule has 0 unspecified atom stereocenters. The maximum atomic E-state index is 12.5. The fourth-order valence-electron chi connectivity index (χ4n) is 1.83. The molecule has 0 aliphatic rings. The summed E-state index contributed by atoms with van der Waals surface area (Å²) < 4.78 is 0.824. The minimum atomic E-state index is 0.0103. The first-order chi connectivity index (χ1) is 8.74. The first-order valence-corrected chi connectivity index (χ1v) is 6.64. The molecule has 2 aromatic carbocycles. The Bertz CT molecular complexity index is 539. The van der Waals surface area contributed by atoms with Gasteiger partial charge in [0.05, 0.1) is 5.56 Å². The number of hydrogen-bond donors (Lipinski definition) is 0. The van der Waals surface area contributed by atoms with Gasteiger partial charge in [0.2, 0.25) is 0 Å². The predicted octanol–water partition coefficient (Wildman–Crippen LogP) is 4.12. The standard InChI is InChI=1S/C15H14BrNO/c1-2-17(12-8-4-3-5-9-12)15(18)13-10-6-7-11-14(13)16/h3-11H,2H2,1H3. The van der Waals surface area contributed by atoms with E-state index in [1.807, 2.05) is 61.5 Å². The van der Waals surface area contributed by atoms with Crippen LogP contribution < -0.4 is 4.90 Å². The molecule has 0 saturated heterocycles. The third-order valence-electron chi connectivity index (χ3n) is 2.73. The molecule has 0 radical (unpaired) electrons. The molecule has 3 heteroatoms. The quantitative estimate of drug-likeness (QED) is 0.835. The highest BCUT2D eigenvalue weighted by Crippen LogP contribution is 2.21. The molecule has 2 rings (SSSR count). The van der Waals surface area contributed by atoms with E-state index >= 15 is 0 Å². The number of para-hydroxylation sites is 1. The van der Waals surface area contributed by atoms with Gasteiger partial charge in [-0.15, -0.1) is 0 Å². The summed E-state index contributed by atoms with van der Waals surface area (Å²) >= 11 is 3.42. The van der Waals surface area contributed by atoms with Crippen LogP contribution in [0.15, 0.2) is 59.1 Å². The smallest absolute Gasteiger partial charge is 0.259 e. The Balaban J connectivity index is 2.35. The second-order valence-electron chi connectivity index (χ2n) is 3.86. The van der Waals surface area contributed by atoms with Crippen LogP contribution in [0, 0.1) is 0 Å². The van der Waals surface area contributed by atoms with Gasteiger partial charge in [-0.2, -0.15) is 0 Å². The lowest BCUT2D eigenvalue weighted by molar-refractivity contribution is 0.0987. The van der Waals surface area contributed by atoms with E-state index < -0.39 is 0 Å². The predicted molar refractivity (Wildman–Crippen MR) is 77.9 cm³/mol. The number of anilines is 1. The van der Waals surface area contributed by atoms with Gasteiger partial charge in [-0.3, -0.25) is 4.79 Å². The van der Waals surface area contributed by atoms with Gasteiger partial charge >= 0.3 is 0 Å². The van der Waals surface area contributed by atoms with Crippen LogP contribution in [0.3, 0.4) is 0 Å². The molecule has 0 aliphatic heterocycles. The van der Waals surface area contributed by atoms with Gasteiger partial charge in [-0.25, -0.2) is 0 Å². The minimum absolute atomic E-state index is 0.0103. The topological polar surface area (TPSA) is 20.3 Å². The summed E-state index contributed by atoms with van der Waals surface area (Å²) in [6.45, 7) is 2.62. The van der Waals surface area contributed by atoms with Gasteiger partial charge < -0.3 is 4.90 Å². The SMILES string of the molecule is CCN(C(=O)c1ccccc1Br)c1ccccc1. The Kier molecular flexibility index (Phi) is 4.15. The number of carbonyl (C=O) groups excluding carboxylic acids is 1. The fourth-order valence-corrected chi connectivity index (χ4v) is 2.29. The molecule has 0 saturated carbocycles. The van der Waals surface area contributed by atoms with Crippen molar-refractivity contribution in [2.75, 3.05) is 11.4 Å². The Hall–Kier alpha value is -1.61. The molecule has 0 aliphatic carbocycles. The first kappa shape index (κ1) is 12.8. The lowest BCUT2D eigenvalue weighted by atomic mass is 10.2. The van der Waals surface area contributed by atoms with E-state index in [-0.39, 0.29) is 5.91 Å². The van der Waals surface area contributed by atoms with Crippen LogP contribution in [0.4, 0.5) is 5.69 Å². The first-order valence-electron chi connectivity index (χ1n) is 5.85. The lowest BCUT2D eigenvalue weighted by Crippen LogP contribution is -2.30. The zero-order valence-corrected chi connectivity index (χ0v) is 11.7. The van der Waals surface area contributed by atoms with E-state index in [9.17, 15) is 4.79 Å². The van der Waals surface area contributed by atoms with Crippen molar-refractivity contribution < 1.29 is 4.79 Å². The lowest BCUT2D eigenvalue weighted by Gasteiger charge is -2.21. The molecule has 0 spiro atoms. The van der Waals surface area contributed by atoms with Crippen molar-refractivity contribution in [1.82, 2.24) is 0 Å². The fraction of sp³-hybridized carbons (Fsp3) is 0.133. The molecule has 0 atom stereocenters. The minimum Gasteiger partial charge on any atom is -0.309 e. The highest BCUT2D eigenvalue weighted by Gasteiger charge is 2.17. The van der Waals surface area contributed by atoms with Gasteiger partial charge in [0.15, 0.2) is 0 Å². The van der Waals surface area contributed by atoms with E-state index in [1.54, 1.807) is 4.90 Å². The van der Waals surface area contributed by atoms with Crippen LogP contribution in [0.5, 0.6) is 0 Å². The number of amides is 1. The zero-order valence-electron chi connectivity index (χ0n) is 10.1. The van der Waals surface area contributed by atoms with E-state index in [4.69, 9.17) is 0 Å². The van der Waals surface area contributed by atoms with Crippen LogP contribution in [-0.4, -0.2) is 12.5 Å². The molecule has 0 N–H and O–H groups in total. The molecule has 0 bridgehead atoms. The van der Waals surface area contributed by atoms with E-state index in [2.05, 4.69) is 15.9 Å². The summed E-state index contributed by atoms with van der Waals surface area (Å²) in [4.78, 5) is 14.3. The van der Waals surface area contributed by atoms with Crippen LogP contribution in [0.25, 0.3) is 0 Å². The van der Waals surface area contributed by atoms with Gasteiger partial charge in [0.25, 0.3) is 5.91 Å². The molecule has 1 amide bonds. The Labute approximate surface area is 115 Å². The molecule has 18 heavy (non-hydrogen) atoms. The summed E-state index contributed by atoms with van der Waals surface area (Å²) in [6.07, 6.45) is 0. The summed E-state index contributed by atoms with van der Waals surface area (Å²) in [7, 11) is 0. The third-order valence-corrected chi connectivity index (χ3v) is 3.43. The second-order valence-corrected chi connectivity index (χ2v) is 4.72. The maximum Gasteiger partial charge on any atom is 0.259 e. The Morgan fingerprint density at radius 2 is 1.67 bits per heavy atom. The molecule has 2 aromatic rings. The van der Waals surface area contributed by atoms with Crippen LogP contribution in [0.2, 0.25) is 0 Å². The van der Waals surface area contributed by atoms with Gasteiger partial charge in [-0.1, -0.05) is 30.3 Å². The van der Waals surface area contributed by atoms with Crippen LogP contribution >= 0.6 is 15.9 Å². The van der Waals surface area contributed by atoms with E-state index in [0.29, 0.717) is 12.1 Å². The molecule has 0 heterocycles. The Morgan fingerprint density at radius 3 is 2.28 bits per heavy atom. The Morgan fingerprint density at radius 1 is 1.06 bits per heavy atom. The van der Waals surface area contributed by atoms with Crippen molar-refractivity contribution in [2.45, 2.75) is 6.92 Å². The third kappa shape index (κ3) is 2.62. The number of halogens is 1. The average molecular weight is 304 g/mol. The van der Waals surface area contributed by atoms with Crippen molar-refractivity contribution in [1.29, 1.82) is 0 Å². The molecule has 0 aromatic heterocycles. The van der Waals surface area contributed by atoms with Gasteiger partial charge in [0, 0.05) is 16.7 Å². The number of benzene rings is 2. The van der Waals surface area contributed by atoms with Gasteiger partial charge in [0.1, 0.15) is 0 Å². The number of rotatable bonds is 3. The number of hydrogen-bond acceptors (Lipinski definition) is 1. The van der Waals surface area contributed by atoms with E-state index in [1.165, 1.54) is 0 Å². The van der Waals surface area contributed by atoms with Crippen molar-refractivity contribution in [3.05, 3.63) is 64.6 Å². The highest BCUT2D eigenvalue weighted by molar-refractivity contribution is 9.10. The zero-order chi connectivity index (χ0) is 13.0. The highest BCUT2D eigenvalue weighted by atomic mass is 79.9. The molecular weight excluding hydrogens is 290 g/mol. The monoisotopic (exact) mass is 303 g/mol. The molecule has 92 valence electrons. The summed E-state index contributed by atoms with van der Waals surface area (Å²) in [5, 5.41) is 0. The van der Waals surface area contributed by atoms with Crippen molar-refractivity contribution in [2.24, 2.45) is 0 Å². The second kappa shape index (κ2) is 5.83. The van der Waals surface area contributed by atoms with E-state index in [0.717, 1.165) is 10.2 Å². The number of carbonyl (C=O) groups is 1. The maximum absolute atomic E-state index is 12.5. The normalized spacial score (nSPS) is 10.1.